The smallest absolute Gasteiger partial charge is 0.186 e. The second-order valence-corrected chi connectivity index (χ2v) is 4.27. The third-order valence-electron chi connectivity index (χ3n) is 1.87. The van der Waals surface area contributed by atoms with Crippen LogP contribution in [0.2, 0.25) is 0 Å². The maximum absolute atomic E-state index is 10.7. The highest BCUT2D eigenvalue weighted by Gasteiger charge is 1.90. The first kappa shape index (κ1) is 11.8. The summed E-state index contributed by atoms with van der Waals surface area (Å²) in [7, 11) is 0. The zero-order chi connectivity index (χ0) is 11.1. The molecule has 0 saturated carbocycles. The Labute approximate surface area is 94.9 Å². The Balaban J connectivity index is 2.49. The molecule has 0 unspecified atom stereocenters. The SMILES string of the molecule is C=Cc1ccc(C=CCSC(C)=O)cc1. The molecular formula is C13H14OS. The number of carbonyl (C=O) groups is 1. The van der Waals surface area contributed by atoms with Gasteiger partial charge in [-0.05, 0) is 11.1 Å². The second-order valence-electron chi connectivity index (χ2n) is 3.08. The fourth-order valence-electron chi connectivity index (χ4n) is 1.09. The first-order valence-corrected chi connectivity index (χ1v) is 5.73. The van der Waals surface area contributed by atoms with Gasteiger partial charge in [0.05, 0.1) is 0 Å². The average molecular weight is 218 g/mol. The summed E-state index contributed by atoms with van der Waals surface area (Å²) in [6.07, 6.45) is 5.83. The van der Waals surface area contributed by atoms with E-state index in [2.05, 4.69) is 6.58 Å². The monoisotopic (exact) mass is 218 g/mol. The third kappa shape index (κ3) is 4.66. The van der Waals surface area contributed by atoms with Crippen LogP contribution < -0.4 is 0 Å². The summed E-state index contributed by atoms with van der Waals surface area (Å²) in [5.74, 6) is 0.735. The molecular weight excluding hydrogens is 204 g/mol. The zero-order valence-corrected chi connectivity index (χ0v) is 9.59. The lowest BCUT2D eigenvalue weighted by Crippen LogP contribution is -1.81. The van der Waals surface area contributed by atoms with Gasteiger partial charge in [0.25, 0.3) is 0 Å². The maximum Gasteiger partial charge on any atom is 0.186 e. The minimum Gasteiger partial charge on any atom is -0.288 e. The maximum atomic E-state index is 10.7. The molecule has 2 heteroatoms. The van der Waals surface area contributed by atoms with Crippen LogP contribution in [-0.2, 0) is 4.79 Å². The van der Waals surface area contributed by atoms with E-state index in [0.29, 0.717) is 0 Å². The predicted octanol–water partition coefficient (Wildman–Crippen LogP) is 3.62. The number of hydrogen-bond donors (Lipinski definition) is 0. The van der Waals surface area contributed by atoms with E-state index in [1.165, 1.54) is 11.8 Å². The van der Waals surface area contributed by atoms with Crippen molar-refractivity contribution in [2.75, 3.05) is 5.75 Å². The molecule has 0 radical (unpaired) electrons. The highest BCUT2D eigenvalue weighted by molar-refractivity contribution is 8.13. The van der Waals surface area contributed by atoms with Crippen LogP contribution in [0.3, 0.4) is 0 Å². The lowest BCUT2D eigenvalue weighted by atomic mass is 10.1. The van der Waals surface area contributed by atoms with Gasteiger partial charge < -0.3 is 0 Å². The largest absolute Gasteiger partial charge is 0.288 e. The molecule has 0 aliphatic heterocycles. The van der Waals surface area contributed by atoms with Gasteiger partial charge >= 0.3 is 0 Å². The molecule has 0 aromatic heterocycles. The van der Waals surface area contributed by atoms with E-state index in [1.54, 1.807) is 6.92 Å². The molecule has 1 aromatic rings. The molecule has 1 rings (SSSR count). The van der Waals surface area contributed by atoms with Crippen molar-refractivity contribution in [3.63, 3.8) is 0 Å². The van der Waals surface area contributed by atoms with Crippen molar-refractivity contribution < 1.29 is 4.79 Å². The average Bonchev–Trinajstić information content (AvgIpc) is 2.25. The van der Waals surface area contributed by atoms with Crippen LogP contribution in [0.1, 0.15) is 18.1 Å². The summed E-state index contributed by atoms with van der Waals surface area (Å²) >= 11 is 1.32. The standard InChI is InChI=1S/C13H14OS/c1-3-12-6-8-13(9-7-12)5-4-10-15-11(2)14/h3-9H,1,10H2,2H3. The molecule has 0 saturated heterocycles. The highest BCUT2D eigenvalue weighted by Crippen LogP contribution is 2.08. The molecule has 0 aliphatic carbocycles. The van der Waals surface area contributed by atoms with Crippen LogP contribution >= 0.6 is 11.8 Å². The molecule has 0 bridgehead atoms. The normalized spacial score (nSPS) is 10.5. The van der Waals surface area contributed by atoms with Crippen LogP contribution in [0.4, 0.5) is 0 Å². The predicted molar refractivity (Wildman–Crippen MR) is 68.7 cm³/mol. The van der Waals surface area contributed by atoms with Gasteiger partial charge in [0.2, 0.25) is 0 Å². The van der Waals surface area contributed by atoms with Crippen LogP contribution in [0, 0.1) is 0 Å². The van der Waals surface area contributed by atoms with Gasteiger partial charge in [-0.1, -0.05) is 60.8 Å². The minimum atomic E-state index is 0.154. The molecule has 0 fully saturated rings. The number of benzene rings is 1. The van der Waals surface area contributed by atoms with Gasteiger partial charge in [0.15, 0.2) is 5.12 Å². The van der Waals surface area contributed by atoms with Crippen molar-refractivity contribution in [3.05, 3.63) is 48.0 Å². The van der Waals surface area contributed by atoms with Gasteiger partial charge in [0, 0.05) is 12.7 Å². The van der Waals surface area contributed by atoms with Crippen LogP contribution in [-0.4, -0.2) is 10.9 Å². The van der Waals surface area contributed by atoms with Gasteiger partial charge in [-0.25, -0.2) is 0 Å². The Kier molecular flexibility index (Phi) is 4.91. The molecule has 0 heterocycles. The molecule has 1 nitrogen and oxygen atoms in total. The van der Waals surface area contributed by atoms with Crippen molar-refractivity contribution in [3.8, 4) is 0 Å². The Morgan fingerprint density at radius 3 is 2.47 bits per heavy atom. The van der Waals surface area contributed by atoms with Crippen LogP contribution in [0.25, 0.3) is 12.2 Å². The molecule has 0 N–H and O–H groups in total. The summed E-state index contributed by atoms with van der Waals surface area (Å²) < 4.78 is 0. The van der Waals surface area contributed by atoms with Crippen molar-refractivity contribution in [1.29, 1.82) is 0 Å². The second kappa shape index (κ2) is 6.25. The zero-order valence-electron chi connectivity index (χ0n) is 8.77. The molecule has 0 amide bonds. The number of carbonyl (C=O) groups excluding carboxylic acids is 1. The quantitative estimate of drug-likeness (QED) is 0.767. The summed E-state index contributed by atoms with van der Waals surface area (Å²) in [6.45, 7) is 5.28. The highest BCUT2D eigenvalue weighted by atomic mass is 32.2. The van der Waals surface area contributed by atoms with E-state index in [-0.39, 0.29) is 5.12 Å². The molecule has 0 atom stereocenters. The summed E-state index contributed by atoms with van der Waals surface area (Å²) in [5.41, 5.74) is 2.26. The lowest BCUT2D eigenvalue weighted by Gasteiger charge is -1.95. The summed E-state index contributed by atoms with van der Waals surface area (Å²) in [6, 6.07) is 8.10. The van der Waals surface area contributed by atoms with E-state index in [4.69, 9.17) is 0 Å². The summed E-state index contributed by atoms with van der Waals surface area (Å²) in [5, 5.41) is 0.154. The Bertz CT molecular complexity index is 363. The molecule has 1 aromatic carbocycles. The van der Waals surface area contributed by atoms with E-state index >= 15 is 0 Å². The Hall–Kier alpha value is -1.28. The van der Waals surface area contributed by atoms with Crippen LogP contribution in [0.5, 0.6) is 0 Å². The fraction of sp³-hybridized carbons (Fsp3) is 0.154. The van der Waals surface area contributed by atoms with Gasteiger partial charge in [-0.2, -0.15) is 0 Å². The van der Waals surface area contributed by atoms with Gasteiger partial charge in [-0.15, -0.1) is 0 Å². The van der Waals surface area contributed by atoms with Crippen molar-refractivity contribution in [1.82, 2.24) is 0 Å². The summed E-state index contributed by atoms with van der Waals surface area (Å²) in [4.78, 5) is 10.7. The molecule has 0 aliphatic rings. The van der Waals surface area contributed by atoms with Crippen LogP contribution in [0.15, 0.2) is 36.9 Å². The van der Waals surface area contributed by atoms with Crippen molar-refractivity contribution in [2.45, 2.75) is 6.92 Å². The number of rotatable bonds is 4. The van der Waals surface area contributed by atoms with Gasteiger partial charge in [0.1, 0.15) is 0 Å². The van der Waals surface area contributed by atoms with E-state index in [0.717, 1.165) is 16.9 Å². The van der Waals surface area contributed by atoms with Gasteiger partial charge in [-0.3, -0.25) is 4.79 Å². The molecule has 15 heavy (non-hydrogen) atoms. The number of hydrogen-bond acceptors (Lipinski definition) is 2. The fourth-order valence-corrected chi connectivity index (χ4v) is 1.52. The van der Waals surface area contributed by atoms with Crippen molar-refractivity contribution in [2.24, 2.45) is 0 Å². The first-order chi connectivity index (χ1) is 7.22. The van der Waals surface area contributed by atoms with E-state index < -0.39 is 0 Å². The minimum absolute atomic E-state index is 0.154. The van der Waals surface area contributed by atoms with E-state index in [1.807, 2.05) is 42.5 Å². The lowest BCUT2D eigenvalue weighted by molar-refractivity contribution is -0.109. The third-order valence-corrected chi connectivity index (χ3v) is 2.63. The van der Waals surface area contributed by atoms with E-state index in [9.17, 15) is 4.79 Å². The molecule has 78 valence electrons. The topological polar surface area (TPSA) is 17.1 Å². The van der Waals surface area contributed by atoms with Crippen molar-refractivity contribution >= 4 is 29.0 Å². The Morgan fingerprint density at radius 1 is 1.33 bits per heavy atom. The Morgan fingerprint density at radius 2 is 1.93 bits per heavy atom. The first-order valence-electron chi connectivity index (χ1n) is 4.75. The number of thioether (sulfide) groups is 1. The molecule has 0 spiro atoms.